The molecule has 3 heterocycles. The third-order valence-corrected chi connectivity index (χ3v) is 6.67. The molecule has 29 heavy (non-hydrogen) atoms. The van der Waals surface area contributed by atoms with E-state index in [0.29, 0.717) is 12.6 Å². The summed E-state index contributed by atoms with van der Waals surface area (Å²) in [5, 5.41) is 3.40. The second-order valence-corrected chi connectivity index (χ2v) is 8.98. The van der Waals surface area contributed by atoms with Gasteiger partial charge in [-0.3, -0.25) is 14.5 Å². The van der Waals surface area contributed by atoms with Crippen LogP contribution in [0.25, 0.3) is 0 Å². The lowest BCUT2D eigenvalue weighted by atomic mass is 9.95. The van der Waals surface area contributed by atoms with Gasteiger partial charge in [-0.1, -0.05) is 17.2 Å². The Morgan fingerprint density at radius 1 is 0.897 bits per heavy atom. The third-order valence-electron chi connectivity index (χ3n) is 6.67. The Kier molecular flexibility index (Phi) is 6.20. The number of likely N-dealkylation sites (tertiary alicyclic amines) is 2. The molecule has 0 aliphatic carbocycles. The first-order chi connectivity index (χ1) is 14.0. The average Bonchev–Trinajstić information content (AvgIpc) is 3.23. The highest BCUT2D eigenvalue weighted by Gasteiger charge is 2.36. The molecule has 3 aliphatic rings. The summed E-state index contributed by atoms with van der Waals surface area (Å²) in [7, 11) is 0. The van der Waals surface area contributed by atoms with E-state index in [9.17, 15) is 9.59 Å². The molecule has 2 atom stereocenters. The SMILES string of the molecule is Cc1cc(C)cc(C(=O)N2CCCC(C(=O)N3CCC(N4CCNCC4)C3)C2)c1. The van der Waals surface area contributed by atoms with Gasteiger partial charge < -0.3 is 15.1 Å². The molecule has 4 rings (SSSR count). The molecule has 2 amide bonds. The Labute approximate surface area is 174 Å². The van der Waals surface area contributed by atoms with Crippen molar-refractivity contribution >= 4 is 11.8 Å². The molecule has 2 unspecified atom stereocenters. The first-order valence-electron chi connectivity index (χ1n) is 11.1. The summed E-state index contributed by atoms with van der Waals surface area (Å²) in [4.78, 5) is 32.7. The molecule has 0 spiro atoms. The van der Waals surface area contributed by atoms with Crippen molar-refractivity contribution in [3.8, 4) is 0 Å². The fourth-order valence-corrected chi connectivity index (χ4v) is 5.19. The fraction of sp³-hybridized carbons (Fsp3) is 0.652. The molecule has 3 aliphatic heterocycles. The van der Waals surface area contributed by atoms with Crippen LogP contribution in [0.2, 0.25) is 0 Å². The molecule has 1 N–H and O–H groups in total. The molecule has 3 fully saturated rings. The van der Waals surface area contributed by atoms with Crippen LogP contribution in [-0.4, -0.2) is 84.9 Å². The molecular weight excluding hydrogens is 364 g/mol. The minimum absolute atomic E-state index is 0.0552. The Hall–Kier alpha value is -1.92. The summed E-state index contributed by atoms with van der Waals surface area (Å²) in [6.45, 7) is 11.3. The van der Waals surface area contributed by atoms with Gasteiger partial charge in [0, 0.05) is 64.0 Å². The quantitative estimate of drug-likeness (QED) is 0.842. The maximum Gasteiger partial charge on any atom is 0.253 e. The average molecular weight is 399 g/mol. The molecule has 0 aromatic heterocycles. The normalized spacial score (nSPS) is 26.0. The molecule has 1 aromatic carbocycles. The van der Waals surface area contributed by atoms with Crippen molar-refractivity contribution in [2.24, 2.45) is 5.92 Å². The van der Waals surface area contributed by atoms with Crippen molar-refractivity contribution in [2.75, 3.05) is 52.4 Å². The number of nitrogens with one attached hydrogen (secondary N) is 1. The van der Waals surface area contributed by atoms with Crippen molar-refractivity contribution in [2.45, 2.75) is 39.2 Å². The first kappa shape index (κ1) is 20.4. The van der Waals surface area contributed by atoms with Crippen molar-refractivity contribution in [1.29, 1.82) is 0 Å². The van der Waals surface area contributed by atoms with Gasteiger partial charge in [0.15, 0.2) is 0 Å². The summed E-state index contributed by atoms with van der Waals surface area (Å²) in [5.41, 5.74) is 2.96. The van der Waals surface area contributed by atoms with Gasteiger partial charge in [0.2, 0.25) is 5.91 Å². The number of benzene rings is 1. The van der Waals surface area contributed by atoms with Gasteiger partial charge in [0.25, 0.3) is 5.91 Å². The number of carbonyl (C=O) groups is 2. The third kappa shape index (κ3) is 4.64. The van der Waals surface area contributed by atoms with Crippen LogP contribution in [0.1, 0.15) is 40.7 Å². The second kappa shape index (κ2) is 8.84. The van der Waals surface area contributed by atoms with Gasteiger partial charge in [-0.2, -0.15) is 0 Å². The number of piperidine rings is 1. The van der Waals surface area contributed by atoms with Gasteiger partial charge in [-0.05, 0) is 45.2 Å². The smallest absolute Gasteiger partial charge is 0.253 e. The Morgan fingerprint density at radius 3 is 2.34 bits per heavy atom. The molecule has 0 bridgehead atoms. The van der Waals surface area contributed by atoms with Crippen LogP contribution in [0, 0.1) is 19.8 Å². The highest BCUT2D eigenvalue weighted by molar-refractivity contribution is 5.95. The number of aryl methyl sites for hydroxylation is 2. The number of carbonyl (C=O) groups excluding carboxylic acids is 2. The largest absolute Gasteiger partial charge is 0.341 e. The molecular formula is C23H34N4O2. The number of hydrogen-bond acceptors (Lipinski definition) is 4. The maximum atomic E-state index is 13.2. The molecule has 0 saturated carbocycles. The van der Waals surface area contributed by atoms with Crippen molar-refractivity contribution in [3.63, 3.8) is 0 Å². The summed E-state index contributed by atoms with van der Waals surface area (Å²) in [5.74, 6) is 0.260. The minimum atomic E-state index is -0.0552. The highest BCUT2D eigenvalue weighted by atomic mass is 16.2. The zero-order chi connectivity index (χ0) is 20.4. The minimum Gasteiger partial charge on any atom is -0.341 e. The van der Waals surface area contributed by atoms with Gasteiger partial charge in [0.05, 0.1) is 5.92 Å². The molecule has 6 nitrogen and oxygen atoms in total. The summed E-state index contributed by atoms with van der Waals surface area (Å²) < 4.78 is 0. The van der Waals surface area contributed by atoms with Crippen LogP contribution in [0.4, 0.5) is 0 Å². The van der Waals surface area contributed by atoms with Gasteiger partial charge in [-0.25, -0.2) is 0 Å². The second-order valence-electron chi connectivity index (χ2n) is 8.98. The van der Waals surface area contributed by atoms with Crippen molar-refractivity contribution in [3.05, 3.63) is 34.9 Å². The highest BCUT2D eigenvalue weighted by Crippen LogP contribution is 2.24. The lowest BCUT2D eigenvalue weighted by molar-refractivity contribution is -0.136. The van der Waals surface area contributed by atoms with Gasteiger partial charge >= 0.3 is 0 Å². The standard InChI is InChI=1S/C23H34N4O2/c1-17-12-18(2)14-20(13-17)23(29)26-8-3-4-19(15-26)22(28)27-9-5-21(16-27)25-10-6-24-7-11-25/h12-14,19,21,24H,3-11,15-16H2,1-2H3. The topological polar surface area (TPSA) is 55.9 Å². The molecule has 6 heteroatoms. The predicted molar refractivity (Wildman–Crippen MR) is 114 cm³/mol. The summed E-state index contributed by atoms with van der Waals surface area (Å²) in [6, 6.07) is 6.50. The zero-order valence-electron chi connectivity index (χ0n) is 17.8. The number of rotatable bonds is 3. The first-order valence-corrected chi connectivity index (χ1v) is 11.1. The van der Waals surface area contributed by atoms with Crippen LogP contribution in [0.3, 0.4) is 0 Å². The number of piperazine rings is 1. The summed E-state index contributed by atoms with van der Waals surface area (Å²) in [6.07, 6.45) is 2.87. The molecule has 158 valence electrons. The van der Waals surface area contributed by atoms with Crippen LogP contribution in [0.5, 0.6) is 0 Å². The number of nitrogens with zero attached hydrogens (tertiary/aromatic N) is 3. The number of amides is 2. The van der Waals surface area contributed by atoms with E-state index >= 15 is 0 Å². The summed E-state index contributed by atoms with van der Waals surface area (Å²) >= 11 is 0. The van der Waals surface area contributed by atoms with E-state index in [1.807, 2.05) is 30.9 Å². The fourth-order valence-electron chi connectivity index (χ4n) is 5.19. The van der Waals surface area contributed by atoms with Crippen LogP contribution < -0.4 is 5.32 Å². The van der Waals surface area contributed by atoms with E-state index in [1.165, 1.54) is 0 Å². The van der Waals surface area contributed by atoms with E-state index in [-0.39, 0.29) is 17.7 Å². The van der Waals surface area contributed by atoms with E-state index in [4.69, 9.17) is 0 Å². The van der Waals surface area contributed by atoms with E-state index < -0.39 is 0 Å². The Bertz CT molecular complexity index is 739. The zero-order valence-corrected chi connectivity index (χ0v) is 17.8. The lowest BCUT2D eigenvalue weighted by Crippen LogP contribution is -2.50. The predicted octanol–water partition coefficient (Wildman–Crippen LogP) is 1.66. The monoisotopic (exact) mass is 398 g/mol. The van der Waals surface area contributed by atoms with Crippen LogP contribution in [0.15, 0.2) is 18.2 Å². The molecule has 1 aromatic rings. The number of hydrogen-bond donors (Lipinski definition) is 1. The van der Waals surface area contributed by atoms with Crippen molar-refractivity contribution < 1.29 is 9.59 Å². The van der Waals surface area contributed by atoms with E-state index in [1.54, 1.807) is 0 Å². The van der Waals surface area contributed by atoms with Gasteiger partial charge in [0.1, 0.15) is 0 Å². The molecule has 3 saturated heterocycles. The lowest BCUT2D eigenvalue weighted by Gasteiger charge is -2.35. The van der Waals surface area contributed by atoms with E-state index in [2.05, 4.69) is 21.2 Å². The van der Waals surface area contributed by atoms with Crippen LogP contribution in [-0.2, 0) is 4.79 Å². The van der Waals surface area contributed by atoms with E-state index in [0.717, 1.165) is 81.8 Å². The van der Waals surface area contributed by atoms with Crippen LogP contribution >= 0.6 is 0 Å². The maximum absolute atomic E-state index is 13.2. The Morgan fingerprint density at radius 2 is 1.62 bits per heavy atom. The van der Waals surface area contributed by atoms with Crippen molar-refractivity contribution in [1.82, 2.24) is 20.0 Å². The molecule has 0 radical (unpaired) electrons. The Balaban J connectivity index is 1.36. The van der Waals surface area contributed by atoms with Gasteiger partial charge in [-0.15, -0.1) is 0 Å².